The molecule has 2 unspecified atom stereocenters. The van der Waals surface area contributed by atoms with Crippen LogP contribution in [0.15, 0.2) is 36.4 Å². The van der Waals surface area contributed by atoms with Gasteiger partial charge in [-0.1, -0.05) is 17.7 Å². The van der Waals surface area contributed by atoms with Crippen molar-refractivity contribution in [3.05, 3.63) is 47.0 Å². The first kappa shape index (κ1) is 16.9. The highest BCUT2D eigenvalue weighted by atomic mass is 35.5. The van der Waals surface area contributed by atoms with Gasteiger partial charge in [-0.05, 0) is 42.3 Å². The number of anilines is 1. The second-order valence-corrected chi connectivity index (χ2v) is 6.93. The molecule has 0 radical (unpaired) electrons. The van der Waals surface area contributed by atoms with Crippen molar-refractivity contribution >= 4 is 29.1 Å². The summed E-state index contributed by atoms with van der Waals surface area (Å²) in [7, 11) is 1.58. The van der Waals surface area contributed by atoms with Gasteiger partial charge in [0.1, 0.15) is 11.8 Å². The maximum Gasteiger partial charge on any atom is 0.256 e. The van der Waals surface area contributed by atoms with Crippen LogP contribution in [-0.4, -0.2) is 42.5 Å². The molecule has 0 spiro atoms. The predicted molar refractivity (Wildman–Crippen MR) is 99.5 cm³/mol. The van der Waals surface area contributed by atoms with Gasteiger partial charge in [-0.15, -0.1) is 0 Å². The molecular weight excluding hydrogens is 354 g/mol. The summed E-state index contributed by atoms with van der Waals surface area (Å²) >= 11 is 6.13. The Kier molecular flexibility index (Phi) is 4.09. The highest BCUT2D eigenvalue weighted by Gasteiger charge is 2.43. The number of carbonyl (C=O) groups excluding carboxylic acids is 2. The number of hydrogen-bond acceptors (Lipinski definition) is 4. The monoisotopic (exact) mass is 371 g/mol. The van der Waals surface area contributed by atoms with Crippen molar-refractivity contribution in [3.63, 3.8) is 0 Å². The molecule has 2 aliphatic heterocycles. The van der Waals surface area contributed by atoms with Gasteiger partial charge in [0.2, 0.25) is 5.91 Å². The van der Waals surface area contributed by atoms with Crippen LogP contribution in [0.5, 0.6) is 5.75 Å². The van der Waals surface area contributed by atoms with Crippen LogP contribution in [-0.2, 0) is 4.79 Å². The molecule has 2 aromatic rings. The summed E-state index contributed by atoms with van der Waals surface area (Å²) < 4.78 is 5.41. The maximum atomic E-state index is 13.0. The van der Waals surface area contributed by atoms with Crippen molar-refractivity contribution in [2.24, 2.45) is 5.73 Å². The quantitative estimate of drug-likeness (QED) is 0.849. The summed E-state index contributed by atoms with van der Waals surface area (Å²) in [5.41, 5.74) is 8.53. The molecule has 0 saturated carbocycles. The topological polar surface area (TPSA) is 84.7 Å². The normalized spacial score (nSPS) is 21.7. The van der Waals surface area contributed by atoms with Crippen LogP contribution in [0.1, 0.15) is 16.8 Å². The molecule has 2 aromatic carbocycles. The molecule has 26 heavy (non-hydrogen) atoms. The molecule has 7 heteroatoms. The third-order valence-electron chi connectivity index (χ3n) is 4.95. The fourth-order valence-electron chi connectivity index (χ4n) is 3.64. The van der Waals surface area contributed by atoms with Crippen LogP contribution in [0.25, 0.3) is 11.1 Å². The molecule has 134 valence electrons. The Hall–Kier alpha value is -2.57. The molecule has 1 fully saturated rings. The highest BCUT2D eigenvalue weighted by molar-refractivity contribution is 6.31. The summed E-state index contributed by atoms with van der Waals surface area (Å²) in [5.74, 6) is 0.217. The van der Waals surface area contributed by atoms with Gasteiger partial charge in [0.05, 0.1) is 18.4 Å². The first-order valence-electron chi connectivity index (χ1n) is 8.35. The van der Waals surface area contributed by atoms with Crippen molar-refractivity contribution in [2.75, 3.05) is 19.0 Å². The minimum Gasteiger partial charge on any atom is -0.496 e. The minimum absolute atomic E-state index is 0.195. The van der Waals surface area contributed by atoms with Crippen LogP contribution < -0.4 is 15.8 Å². The first-order chi connectivity index (χ1) is 12.5. The van der Waals surface area contributed by atoms with E-state index >= 15 is 0 Å². The Morgan fingerprint density at radius 2 is 2.00 bits per heavy atom. The lowest BCUT2D eigenvalue weighted by molar-refractivity contribution is -0.119. The van der Waals surface area contributed by atoms with Gasteiger partial charge in [-0.2, -0.15) is 0 Å². The summed E-state index contributed by atoms with van der Waals surface area (Å²) in [6.07, 6.45) is 0.612. The first-order valence-corrected chi connectivity index (χ1v) is 8.73. The number of nitrogens with two attached hydrogens (primary N) is 1. The van der Waals surface area contributed by atoms with Crippen molar-refractivity contribution in [3.8, 4) is 16.9 Å². The number of methoxy groups -OCH3 is 1. The van der Waals surface area contributed by atoms with Gasteiger partial charge in [-0.25, -0.2) is 0 Å². The highest BCUT2D eigenvalue weighted by Crippen LogP contribution is 2.36. The van der Waals surface area contributed by atoms with E-state index in [4.69, 9.17) is 22.1 Å². The van der Waals surface area contributed by atoms with Crippen molar-refractivity contribution in [2.45, 2.75) is 18.5 Å². The number of nitrogens with one attached hydrogen (secondary N) is 1. The number of halogens is 1. The van der Waals surface area contributed by atoms with E-state index < -0.39 is 6.04 Å². The second-order valence-electron chi connectivity index (χ2n) is 6.49. The predicted octanol–water partition coefficient (Wildman–Crippen LogP) is 2.51. The zero-order chi connectivity index (χ0) is 18.4. The number of fused-ring (bicyclic) bond motifs is 2. The fourth-order valence-corrected chi connectivity index (χ4v) is 3.82. The standard InChI is InChI=1S/C19H18ClN3O3/c1-26-16-5-3-11(20)9-12(16)10-2-4-15-13(8-10)19(25)23-7-6-14(21)17(23)18(24)22-15/h2-5,8-9,14,17H,6-7,21H2,1H3,(H,22,24). The Balaban J connectivity index is 1.82. The van der Waals surface area contributed by atoms with Gasteiger partial charge in [0.15, 0.2) is 0 Å². The van der Waals surface area contributed by atoms with E-state index in [1.807, 2.05) is 6.07 Å². The third-order valence-corrected chi connectivity index (χ3v) is 5.19. The lowest BCUT2D eigenvalue weighted by Gasteiger charge is -2.22. The van der Waals surface area contributed by atoms with Gasteiger partial charge in [0.25, 0.3) is 5.91 Å². The van der Waals surface area contributed by atoms with Gasteiger partial charge < -0.3 is 20.7 Å². The van der Waals surface area contributed by atoms with Crippen molar-refractivity contribution < 1.29 is 14.3 Å². The van der Waals surface area contributed by atoms with Gasteiger partial charge in [0, 0.05) is 23.2 Å². The number of ether oxygens (including phenoxy) is 1. The van der Waals surface area contributed by atoms with Crippen LogP contribution in [0, 0.1) is 0 Å². The number of hydrogen-bond donors (Lipinski definition) is 2. The summed E-state index contributed by atoms with van der Waals surface area (Å²) in [4.78, 5) is 27.1. The molecular formula is C19H18ClN3O3. The lowest BCUT2D eigenvalue weighted by atomic mass is 10.0. The number of nitrogens with zero attached hydrogens (tertiary/aromatic N) is 1. The number of carbonyl (C=O) groups is 2. The molecule has 2 atom stereocenters. The molecule has 0 bridgehead atoms. The van der Waals surface area contributed by atoms with E-state index in [9.17, 15) is 9.59 Å². The SMILES string of the molecule is COc1ccc(Cl)cc1-c1ccc2c(c1)C(=O)N1CCC(N)C1C(=O)N2. The Morgan fingerprint density at radius 1 is 1.19 bits per heavy atom. The zero-order valence-electron chi connectivity index (χ0n) is 14.2. The van der Waals surface area contributed by atoms with Crippen molar-refractivity contribution in [1.82, 2.24) is 4.90 Å². The van der Waals surface area contributed by atoms with E-state index in [0.29, 0.717) is 35.0 Å². The van der Waals surface area contributed by atoms with Gasteiger partial charge >= 0.3 is 0 Å². The number of amides is 2. The lowest BCUT2D eigenvalue weighted by Crippen LogP contribution is -2.48. The molecule has 2 heterocycles. The van der Waals surface area contributed by atoms with Crippen LogP contribution >= 0.6 is 11.6 Å². The second kappa shape index (κ2) is 6.30. The van der Waals surface area contributed by atoms with Crippen LogP contribution in [0.3, 0.4) is 0 Å². The Morgan fingerprint density at radius 3 is 2.77 bits per heavy atom. The largest absolute Gasteiger partial charge is 0.496 e. The average Bonchev–Trinajstić information content (AvgIpc) is 2.98. The Bertz CT molecular complexity index is 915. The van der Waals surface area contributed by atoms with Gasteiger partial charge in [-0.3, -0.25) is 9.59 Å². The molecule has 1 saturated heterocycles. The zero-order valence-corrected chi connectivity index (χ0v) is 14.9. The average molecular weight is 372 g/mol. The summed E-state index contributed by atoms with van der Waals surface area (Å²) in [6.45, 7) is 0.474. The van der Waals surface area contributed by atoms with E-state index in [1.54, 1.807) is 42.3 Å². The fraction of sp³-hybridized carbons (Fsp3) is 0.263. The van der Waals surface area contributed by atoms with Crippen molar-refractivity contribution in [1.29, 1.82) is 0 Å². The van der Waals surface area contributed by atoms with Crippen LogP contribution in [0.2, 0.25) is 5.02 Å². The van der Waals surface area contributed by atoms with E-state index in [1.165, 1.54) is 0 Å². The Labute approximate surface area is 155 Å². The molecule has 4 rings (SSSR count). The van der Waals surface area contributed by atoms with Crippen LogP contribution in [0.4, 0.5) is 5.69 Å². The molecule has 0 aromatic heterocycles. The van der Waals surface area contributed by atoms with E-state index in [-0.39, 0.29) is 17.9 Å². The third kappa shape index (κ3) is 2.62. The van der Waals surface area contributed by atoms with E-state index in [0.717, 1.165) is 11.1 Å². The summed E-state index contributed by atoms with van der Waals surface area (Å²) in [5, 5.41) is 3.40. The molecule has 2 aliphatic rings. The summed E-state index contributed by atoms with van der Waals surface area (Å²) in [6, 6.07) is 9.66. The molecule has 3 N–H and O–H groups in total. The smallest absolute Gasteiger partial charge is 0.256 e. The maximum absolute atomic E-state index is 13.0. The molecule has 2 amide bonds. The minimum atomic E-state index is -0.626. The molecule has 6 nitrogen and oxygen atoms in total. The van der Waals surface area contributed by atoms with E-state index in [2.05, 4.69) is 5.32 Å². The number of rotatable bonds is 2. The number of benzene rings is 2. The molecule has 0 aliphatic carbocycles.